The molecule has 2 unspecified atom stereocenters. The summed E-state index contributed by atoms with van der Waals surface area (Å²) in [5, 5.41) is 8.21. The first-order valence-electron chi connectivity index (χ1n) is 6.94. The van der Waals surface area contributed by atoms with Crippen LogP contribution < -0.4 is 11.3 Å². The summed E-state index contributed by atoms with van der Waals surface area (Å²) in [6, 6.07) is 0.157. The molecule has 5 heteroatoms. The summed E-state index contributed by atoms with van der Waals surface area (Å²) >= 11 is 0. The first-order chi connectivity index (χ1) is 8.60. The Kier molecular flexibility index (Phi) is 4.02. The molecule has 0 saturated heterocycles. The predicted octanol–water partition coefficient (Wildman–Crippen LogP) is 2.02. The van der Waals surface area contributed by atoms with Crippen LogP contribution in [0.2, 0.25) is 0 Å². The fourth-order valence-electron chi connectivity index (χ4n) is 3.27. The SMILES string of the molecule is CCCn1nncc1C(NN)C1CCCC1(C)C. The summed E-state index contributed by atoms with van der Waals surface area (Å²) in [5.41, 5.74) is 4.46. The molecular formula is C13H25N5. The Morgan fingerprint density at radius 1 is 1.61 bits per heavy atom. The Labute approximate surface area is 109 Å². The maximum absolute atomic E-state index is 5.81. The van der Waals surface area contributed by atoms with E-state index in [1.807, 2.05) is 10.9 Å². The molecular weight excluding hydrogens is 226 g/mol. The molecule has 3 N–H and O–H groups in total. The van der Waals surface area contributed by atoms with Crippen molar-refractivity contribution in [2.45, 2.75) is 59.0 Å². The van der Waals surface area contributed by atoms with Crippen LogP contribution in [0.4, 0.5) is 0 Å². The highest BCUT2D eigenvalue weighted by molar-refractivity contribution is 5.07. The standard InChI is InChI=1S/C13H25N5/c1-4-8-18-11(9-15-17-18)12(16-14)10-6-5-7-13(10,2)3/h9-10,12,16H,4-8,14H2,1-3H3. The maximum atomic E-state index is 5.81. The zero-order valence-electron chi connectivity index (χ0n) is 11.7. The Balaban J connectivity index is 2.25. The molecule has 0 amide bonds. The molecule has 1 saturated carbocycles. The fourth-order valence-corrected chi connectivity index (χ4v) is 3.27. The van der Waals surface area contributed by atoms with E-state index in [0.29, 0.717) is 11.3 Å². The fraction of sp³-hybridized carbons (Fsp3) is 0.846. The van der Waals surface area contributed by atoms with Crippen LogP contribution >= 0.6 is 0 Å². The van der Waals surface area contributed by atoms with Crippen molar-refractivity contribution in [1.82, 2.24) is 20.4 Å². The molecule has 0 spiro atoms. The molecule has 0 radical (unpaired) electrons. The zero-order valence-corrected chi connectivity index (χ0v) is 11.7. The smallest absolute Gasteiger partial charge is 0.0773 e. The normalized spacial score (nSPS) is 24.3. The van der Waals surface area contributed by atoms with Crippen LogP contribution in [-0.4, -0.2) is 15.0 Å². The van der Waals surface area contributed by atoms with Crippen LogP contribution in [0.15, 0.2) is 6.20 Å². The van der Waals surface area contributed by atoms with Gasteiger partial charge in [0.15, 0.2) is 0 Å². The van der Waals surface area contributed by atoms with Gasteiger partial charge in [-0.3, -0.25) is 11.3 Å². The van der Waals surface area contributed by atoms with Crippen LogP contribution in [0.5, 0.6) is 0 Å². The Bertz CT molecular complexity index is 384. The molecule has 102 valence electrons. The lowest BCUT2D eigenvalue weighted by molar-refractivity contribution is 0.191. The highest BCUT2D eigenvalue weighted by Crippen LogP contribution is 2.48. The second-order valence-electron chi connectivity index (χ2n) is 6.01. The number of aryl methyl sites for hydroxylation is 1. The monoisotopic (exact) mass is 251 g/mol. The molecule has 1 heterocycles. The zero-order chi connectivity index (χ0) is 13.2. The van der Waals surface area contributed by atoms with E-state index in [1.165, 1.54) is 19.3 Å². The van der Waals surface area contributed by atoms with Crippen molar-refractivity contribution >= 4 is 0 Å². The van der Waals surface area contributed by atoms with Gasteiger partial charge in [-0.05, 0) is 30.6 Å². The summed E-state index contributed by atoms with van der Waals surface area (Å²) in [6.45, 7) is 7.72. The molecule has 1 fully saturated rings. The van der Waals surface area contributed by atoms with Gasteiger partial charge in [-0.25, -0.2) is 4.68 Å². The number of nitrogens with zero attached hydrogens (tertiary/aromatic N) is 3. The summed E-state index contributed by atoms with van der Waals surface area (Å²) in [4.78, 5) is 0. The molecule has 0 bridgehead atoms. The third kappa shape index (κ3) is 2.42. The lowest BCUT2D eigenvalue weighted by Crippen LogP contribution is -2.39. The topological polar surface area (TPSA) is 68.8 Å². The summed E-state index contributed by atoms with van der Waals surface area (Å²) in [5.74, 6) is 6.36. The molecule has 2 rings (SSSR count). The second-order valence-corrected chi connectivity index (χ2v) is 6.01. The van der Waals surface area contributed by atoms with Crippen LogP contribution in [0.1, 0.15) is 58.2 Å². The number of hydrogen-bond acceptors (Lipinski definition) is 4. The minimum absolute atomic E-state index is 0.157. The summed E-state index contributed by atoms with van der Waals surface area (Å²) in [7, 11) is 0. The number of rotatable bonds is 5. The van der Waals surface area contributed by atoms with Gasteiger partial charge in [-0.1, -0.05) is 32.4 Å². The summed E-state index contributed by atoms with van der Waals surface area (Å²) < 4.78 is 1.99. The van der Waals surface area contributed by atoms with Gasteiger partial charge < -0.3 is 0 Å². The van der Waals surface area contributed by atoms with Gasteiger partial charge in [-0.15, -0.1) is 5.10 Å². The summed E-state index contributed by atoms with van der Waals surface area (Å²) in [6.07, 6.45) is 6.69. The van der Waals surface area contributed by atoms with Crippen LogP contribution in [0.3, 0.4) is 0 Å². The van der Waals surface area contributed by atoms with E-state index < -0.39 is 0 Å². The van der Waals surface area contributed by atoms with Gasteiger partial charge in [0.2, 0.25) is 0 Å². The highest BCUT2D eigenvalue weighted by Gasteiger charge is 2.40. The van der Waals surface area contributed by atoms with Crippen LogP contribution in [0.25, 0.3) is 0 Å². The number of aromatic nitrogens is 3. The van der Waals surface area contributed by atoms with E-state index in [0.717, 1.165) is 18.7 Å². The van der Waals surface area contributed by atoms with Gasteiger partial charge in [-0.2, -0.15) is 0 Å². The van der Waals surface area contributed by atoms with Crippen LogP contribution in [0, 0.1) is 11.3 Å². The average Bonchev–Trinajstić information content (AvgIpc) is 2.89. The van der Waals surface area contributed by atoms with Crippen molar-refractivity contribution in [2.24, 2.45) is 17.2 Å². The number of hydrogen-bond donors (Lipinski definition) is 2. The first kappa shape index (κ1) is 13.5. The van der Waals surface area contributed by atoms with Gasteiger partial charge >= 0.3 is 0 Å². The molecule has 1 aromatic rings. The predicted molar refractivity (Wildman–Crippen MR) is 71.5 cm³/mol. The number of hydrazine groups is 1. The van der Waals surface area contributed by atoms with E-state index in [2.05, 4.69) is 36.5 Å². The minimum Gasteiger partial charge on any atom is -0.271 e. The maximum Gasteiger partial charge on any atom is 0.0773 e. The average molecular weight is 251 g/mol. The lowest BCUT2D eigenvalue weighted by Gasteiger charge is -2.33. The second kappa shape index (κ2) is 5.36. The van der Waals surface area contributed by atoms with Crippen molar-refractivity contribution in [3.63, 3.8) is 0 Å². The van der Waals surface area contributed by atoms with E-state index in [-0.39, 0.29) is 6.04 Å². The van der Waals surface area contributed by atoms with Gasteiger partial charge in [0.1, 0.15) is 0 Å². The third-order valence-corrected chi connectivity index (χ3v) is 4.32. The minimum atomic E-state index is 0.157. The van der Waals surface area contributed by atoms with E-state index >= 15 is 0 Å². The van der Waals surface area contributed by atoms with Gasteiger partial charge in [0.05, 0.1) is 17.9 Å². The van der Waals surface area contributed by atoms with E-state index in [4.69, 9.17) is 5.84 Å². The third-order valence-electron chi connectivity index (χ3n) is 4.32. The van der Waals surface area contributed by atoms with E-state index in [1.54, 1.807) is 0 Å². The van der Waals surface area contributed by atoms with Crippen molar-refractivity contribution in [1.29, 1.82) is 0 Å². The van der Waals surface area contributed by atoms with Crippen molar-refractivity contribution in [3.05, 3.63) is 11.9 Å². The molecule has 0 aliphatic heterocycles. The lowest BCUT2D eigenvalue weighted by atomic mass is 9.77. The molecule has 18 heavy (non-hydrogen) atoms. The largest absolute Gasteiger partial charge is 0.271 e. The van der Waals surface area contributed by atoms with Gasteiger partial charge in [0, 0.05) is 6.54 Å². The quantitative estimate of drug-likeness (QED) is 0.620. The molecule has 0 aromatic carbocycles. The Hall–Kier alpha value is -0.940. The molecule has 1 aliphatic rings. The Morgan fingerprint density at radius 2 is 2.39 bits per heavy atom. The number of nitrogens with two attached hydrogens (primary N) is 1. The highest BCUT2D eigenvalue weighted by atomic mass is 15.4. The number of nitrogens with one attached hydrogen (secondary N) is 1. The van der Waals surface area contributed by atoms with Gasteiger partial charge in [0.25, 0.3) is 0 Å². The first-order valence-corrected chi connectivity index (χ1v) is 6.94. The molecule has 2 atom stereocenters. The Morgan fingerprint density at radius 3 is 2.94 bits per heavy atom. The molecule has 1 aliphatic carbocycles. The molecule has 5 nitrogen and oxygen atoms in total. The van der Waals surface area contributed by atoms with E-state index in [9.17, 15) is 0 Å². The van der Waals surface area contributed by atoms with Crippen LogP contribution in [-0.2, 0) is 6.54 Å². The van der Waals surface area contributed by atoms with Crippen molar-refractivity contribution in [3.8, 4) is 0 Å². The van der Waals surface area contributed by atoms with Crippen molar-refractivity contribution in [2.75, 3.05) is 0 Å². The molecule has 1 aromatic heterocycles. The van der Waals surface area contributed by atoms with Crippen molar-refractivity contribution < 1.29 is 0 Å².